The predicted molar refractivity (Wildman–Crippen MR) is 77.0 cm³/mol. The standard InChI is InChI=1S/C13H19F3O2.C3H6O/c1-8(17)18-12(2,13(14,15)16)7-11-6-9-3-4-10(11)5-9;1-3-4-2/h9-11H,3-7H2,1-2H3;3H,1H2,2H3. The molecule has 3 nitrogen and oxygen atoms in total. The van der Waals surface area contributed by atoms with Gasteiger partial charge in [-0.25, -0.2) is 0 Å². The number of alkyl halides is 3. The molecule has 6 heteroatoms. The molecule has 0 aliphatic heterocycles. The van der Waals surface area contributed by atoms with Gasteiger partial charge in [-0.15, -0.1) is 0 Å². The molecular formula is C16H25F3O3. The Morgan fingerprint density at radius 1 is 1.32 bits per heavy atom. The van der Waals surface area contributed by atoms with Crippen molar-refractivity contribution in [2.75, 3.05) is 7.11 Å². The van der Waals surface area contributed by atoms with Crippen LogP contribution in [0.25, 0.3) is 0 Å². The van der Waals surface area contributed by atoms with Gasteiger partial charge in [0.05, 0.1) is 13.4 Å². The highest BCUT2D eigenvalue weighted by molar-refractivity contribution is 5.66. The van der Waals surface area contributed by atoms with Crippen molar-refractivity contribution in [1.29, 1.82) is 0 Å². The van der Waals surface area contributed by atoms with Crippen LogP contribution < -0.4 is 0 Å². The second kappa shape index (κ2) is 7.38. The molecule has 0 heterocycles. The van der Waals surface area contributed by atoms with Crippen molar-refractivity contribution in [2.24, 2.45) is 17.8 Å². The van der Waals surface area contributed by atoms with Crippen molar-refractivity contribution in [3.8, 4) is 0 Å². The molecule has 2 bridgehead atoms. The first-order chi connectivity index (χ1) is 10.1. The summed E-state index contributed by atoms with van der Waals surface area (Å²) in [6.45, 7) is 5.29. The average molecular weight is 322 g/mol. The average Bonchev–Trinajstić information content (AvgIpc) is 2.99. The van der Waals surface area contributed by atoms with Crippen LogP contribution in [0.1, 0.15) is 46.0 Å². The van der Waals surface area contributed by atoms with E-state index in [9.17, 15) is 18.0 Å². The fourth-order valence-electron chi connectivity index (χ4n) is 3.66. The molecule has 0 N–H and O–H groups in total. The molecule has 0 aromatic carbocycles. The molecule has 0 radical (unpaired) electrons. The third kappa shape index (κ3) is 4.65. The largest absolute Gasteiger partial charge is 0.505 e. The quantitative estimate of drug-likeness (QED) is 0.566. The van der Waals surface area contributed by atoms with Crippen LogP contribution in [-0.4, -0.2) is 24.9 Å². The van der Waals surface area contributed by atoms with E-state index in [1.165, 1.54) is 6.26 Å². The zero-order chi connectivity index (χ0) is 17.0. The zero-order valence-electron chi connectivity index (χ0n) is 13.4. The van der Waals surface area contributed by atoms with Crippen molar-refractivity contribution in [2.45, 2.75) is 57.7 Å². The second-order valence-corrected chi connectivity index (χ2v) is 6.36. The first-order valence-corrected chi connectivity index (χ1v) is 7.53. The van der Waals surface area contributed by atoms with Gasteiger partial charge < -0.3 is 9.47 Å². The van der Waals surface area contributed by atoms with Crippen LogP contribution in [-0.2, 0) is 14.3 Å². The fourth-order valence-corrected chi connectivity index (χ4v) is 3.66. The number of carbonyl (C=O) groups excluding carboxylic acids is 1. The van der Waals surface area contributed by atoms with Crippen LogP contribution in [0.5, 0.6) is 0 Å². The number of hydrogen-bond acceptors (Lipinski definition) is 3. The van der Waals surface area contributed by atoms with E-state index in [1.54, 1.807) is 7.11 Å². The van der Waals surface area contributed by atoms with Gasteiger partial charge >= 0.3 is 12.1 Å². The minimum atomic E-state index is -4.50. The summed E-state index contributed by atoms with van der Waals surface area (Å²) in [6.07, 6.45) is 0.884. The minimum Gasteiger partial charge on any atom is -0.505 e. The number of fused-ring (bicyclic) bond motifs is 2. The van der Waals surface area contributed by atoms with Crippen molar-refractivity contribution in [1.82, 2.24) is 0 Å². The molecule has 4 unspecified atom stereocenters. The summed E-state index contributed by atoms with van der Waals surface area (Å²) in [5.41, 5.74) is -2.33. The smallest absolute Gasteiger partial charge is 0.428 e. The number of esters is 1. The molecule has 2 aliphatic rings. The van der Waals surface area contributed by atoms with E-state index in [0.29, 0.717) is 11.8 Å². The lowest BCUT2D eigenvalue weighted by Crippen LogP contribution is -2.47. The van der Waals surface area contributed by atoms with Gasteiger partial charge in [-0.05, 0) is 50.4 Å². The number of halogens is 3. The van der Waals surface area contributed by atoms with Gasteiger partial charge in [0.15, 0.2) is 0 Å². The van der Waals surface area contributed by atoms with Crippen LogP contribution >= 0.6 is 0 Å². The molecule has 128 valence electrons. The van der Waals surface area contributed by atoms with Crippen LogP contribution in [0.2, 0.25) is 0 Å². The Hall–Kier alpha value is -1.20. The first kappa shape index (κ1) is 18.8. The lowest BCUT2D eigenvalue weighted by Gasteiger charge is -2.35. The van der Waals surface area contributed by atoms with Crippen LogP contribution in [0.15, 0.2) is 12.8 Å². The summed E-state index contributed by atoms with van der Waals surface area (Å²) in [4.78, 5) is 10.9. The lowest BCUT2D eigenvalue weighted by molar-refractivity contribution is -0.269. The number of hydrogen-bond donors (Lipinski definition) is 0. The summed E-state index contributed by atoms with van der Waals surface area (Å²) < 4.78 is 48.2. The van der Waals surface area contributed by atoms with E-state index in [-0.39, 0.29) is 12.3 Å². The molecule has 0 spiro atoms. The fraction of sp³-hybridized carbons (Fsp3) is 0.812. The predicted octanol–water partition coefficient (Wildman–Crippen LogP) is 4.47. The molecule has 0 aromatic rings. The molecule has 22 heavy (non-hydrogen) atoms. The minimum absolute atomic E-state index is 0.0507. The molecule has 4 atom stereocenters. The van der Waals surface area contributed by atoms with Gasteiger partial charge in [0, 0.05) is 6.92 Å². The molecule has 0 amide bonds. The Balaban J connectivity index is 0.000000541. The van der Waals surface area contributed by atoms with Crippen molar-refractivity contribution in [3.63, 3.8) is 0 Å². The van der Waals surface area contributed by atoms with Crippen LogP contribution in [0.3, 0.4) is 0 Å². The Morgan fingerprint density at radius 3 is 2.23 bits per heavy atom. The number of carbonyl (C=O) groups is 1. The van der Waals surface area contributed by atoms with Crippen molar-refractivity contribution < 1.29 is 27.4 Å². The molecule has 2 saturated carbocycles. The Bertz CT molecular complexity index is 395. The maximum absolute atomic E-state index is 13.1. The van der Waals surface area contributed by atoms with E-state index in [1.807, 2.05) is 0 Å². The Kier molecular flexibility index (Phi) is 6.32. The summed E-state index contributed by atoms with van der Waals surface area (Å²) >= 11 is 0. The van der Waals surface area contributed by atoms with Gasteiger partial charge in [-0.2, -0.15) is 13.2 Å². The van der Waals surface area contributed by atoms with Gasteiger partial charge in [-0.1, -0.05) is 13.0 Å². The molecule has 0 saturated heterocycles. The molecular weight excluding hydrogens is 297 g/mol. The lowest BCUT2D eigenvalue weighted by atomic mass is 9.80. The molecule has 2 fully saturated rings. The van der Waals surface area contributed by atoms with Crippen molar-refractivity contribution in [3.05, 3.63) is 12.8 Å². The van der Waals surface area contributed by atoms with Crippen molar-refractivity contribution >= 4 is 5.97 Å². The third-order valence-corrected chi connectivity index (χ3v) is 4.67. The first-order valence-electron chi connectivity index (χ1n) is 7.53. The normalized spacial score (nSPS) is 29.1. The highest BCUT2D eigenvalue weighted by Gasteiger charge is 2.57. The SMILES string of the molecule is C=COC.CC(=O)OC(C)(CC1CC2CCC1C2)C(F)(F)F. The molecule has 0 aromatic heterocycles. The Labute approximate surface area is 129 Å². The summed E-state index contributed by atoms with van der Waals surface area (Å²) in [5, 5.41) is 0. The third-order valence-electron chi connectivity index (χ3n) is 4.67. The highest BCUT2D eigenvalue weighted by atomic mass is 19.4. The zero-order valence-corrected chi connectivity index (χ0v) is 13.4. The van der Waals surface area contributed by atoms with E-state index < -0.39 is 17.7 Å². The summed E-state index contributed by atoms with van der Waals surface area (Å²) in [5.74, 6) is 0.176. The highest BCUT2D eigenvalue weighted by Crippen LogP contribution is 2.52. The number of rotatable bonds is 4. The van der Waals surface area contributed by atoms with E-state index in [4.69, 9.17) is 0 Å². The van der Waals surface area contributed by atoms with E-state index >= 15 is 0 Å². The number of ether oxygens (including phenoxy) is 2. The Morgan fingerprint density at radius 2 is 1.91 bits per heavy atom. The van der Waals surface area contributed by atoms with Gasteiger partial charge in [0.2, 0.25) is 5.60 Å². The molecule has 2 aliphatic carbocycles. The van der Waals surface area contributed by atoms with Crippen LogP contribution in [0, 0.1) is 17.8 Å². The monoisotopic (exact) mass is 322 g/mol. The van der Waals surface area contributed by atoms with Gasteiger partial charge in [0.25, 0.3) is 0 Å². The summed E-state index contributed by atoms with van der Waals surface area (Å²) in [6, 6.07) is 0. The topological polar surface area (TPSA) is 35.5 Å². The molecule has 2 rings (SSSR count). The van der Waals surface area contributed by atoms with Gasteiger partial charge in [0.1, 0.15) is 0 Å². The van der Waals surface area contributed by atoms with E-state index in [2.05, 4.69) is 16.1 Å². The van der Waals surface area contributed by atoms with Gasteiger partial charge in [-0.3, -0.25) is 4.79 Å². The van der Waals surface area contributed by atoms with E-state index in [0.717, 1.165) is 39.5 Å². The summed E-state index contributed by atoms with van der Waals surface area (Å²) in [7, 11) is 1.56. The maximum Gasteiger partial charge on any atom is 0.428 e. The second-order valence-electron chi connectivity index (χ2n) is 6.36. The van der Waals surface area contributed by atoms with Crippen LogP contribution in [0.4, 0.5) is 13.2 Å². The number of methoxy groups -OCH3 is 1. The maximum atomic E-state index is 13.1.